The van der Waals surface area contributed by atoms with Crippen LogP contribution in [0.25, 0.3) is 0 Å². The topological polar surface area (TPSA) is 72.1 Å². The van der Waals surface area contributed by atoms with Crippen LogP contribution in [-0.2, 0) is 5.41 Å². The Kier molecular flexibility index (Phi) is 4.66. The number of pyridine rings is 1. The van der Waals surface area contributed by atoms with Crippen molar-refractivity contribution < 1.29 is 4.79 Å². The van der Waals surface area contributed by atoms with Crippen LogP contribution in [-0.4, -0.2) is 33.9 Å². The van der Waals surface area contributed by atoms with Gasteiger partial charge in [-0.2, -0.15) is 0 Å². The third-order valence-electron chi connectivity index (χ3n) is 5.37. The smallest absolute Gasteiger partial charge is 0.255 e. The first kappa shape index (κ1) is 17.7. The number of anilines is 1. The van der Waals surface area contributed by atoms with Gasteiger partial charge in [-0.25, -0.2) is 9.97 Å². The zero-order valence-electron chi connectivity index (χ0n) is 15.3. The first-order valence-corrected chi connectivity index (χ1v) is 9.95. The van der Waals surface area contributed by atoms with E-state index in [1.165, 1.54) is 5.56 Å². The summed E-state index contributed by atoms with van der Waals surface area (Å²) < 4.78 is 0. The number of carbonyl (C=O) groups excluding carboxylic acids is 1. The number of likely N-dealkylation sites (tertiary alicyclic amines) is 1. The molecule has 0 spiro atoms. The number of nitrogens with zero attached hydrogens (tertiary/aromatic N) is 3. The quantitative estimate of drug-likeness (QED) is 0.755. The Morgan fingerprint density at radius 2 is 1.89 bits per heavy atom. The SMILES string of the molecule is Cc1nc(C2(c3ccccc3)CCN(C(=O)c3ccc(N)nc3)CC2)cs1. The van der Waals surface area contributed by atoms with Crippen LogP contribution in [0.3, 0.4) is 0 Å². The van der Waals surface area contributed by atoms with Gasteiger partial charge in [-0.1, -0.05) is 30.3 Å². The molecule has 0 atom stereocenters. The normalized spacial score (nSPS) is 16.3. The molecule has 0 radical (unpaired) electrons. The number of aromatic nitrogens is 2. The number of thiazole rings is 1. The summed E-state index contributed by atoms with van der Waals surface area (Å²) in [4.78, 5) is 23.6. The van der Waals surface area contributed by atoms with E-state index in [1.54, 1.807) is 29.7 Å². The van der Waals surface area contributed by atoms with Crippen LogP contribution in [0.15, 0.2) is 54.0 Å². The van der Waals surface area contributed by atoms with Gasteiger partial charge in [0, 0.05) is 30.1 Å². The summed E-state index contributed by atoms with van der Waals surface area (Å²) in [5.41, 5.74) is 8.47. The van der Waals surface area contributed by atoms with Gasteiger partial charge in [-0.05, 0) is 37.5 Å². The van der Waals surface area contributed by atoms with E-state index in [4.69, 9.17) is 10.7 Å². The number of nitrogen functional groups attached to an aromatic ring is 1. The predicted molar refractivity (Wildman–Crippen MR) is 108 cm³/mol. The van der Waals surface area contributed by atoms with Gasteiger partial charge in [0.25, 0.3) is 5.91 Å². The van der Waals surface area contributed by atoms with Gasteiger partial charge in [0.2, 0.25) is 0 Å². The van der Waals surface area contributed by atoms with Gasteiger partial charge in [-0.3, -0.25) is 4.79 Å². The minimum atomic E-state index is -0.137. The Hall–Kier alpha value is -2.73. The Morgan fingerprint density at radius 3 is 2.48 bits per heavy atom. The summed E-state index contributed by atoms with van der Waals surface area (Å²) in [6, 6.07) is 14.0. The average Bonchev–Trinajstić information content (AvgIpc) is 3.16. The van der Waals surface area contributed by atoms with Crippen molar-refractivity contribution in [3.05, 3.63) is 75.9 Å². The summed E-state index contributed by atoms with van der Waals surface area (Å²) in [6.07, 6.45) is 3.27. The second-order valence-corrected chi connectivity index (χ2v) is 8.03. The molecule has 3 heterocycles. The minimum Gasteiger partial charge on any atom is -0.384 e. The molecular weight excluding hydrogens is 356 g/mol. The number of carbonyl (C=O) groups is 1. The van der Waals surface area contributed by atoms with E-state index in [2.05, 4.69) is 34.6 Å². The van der Waals surface area contributed by atoms with Crippen LogP contribution in [0, 0.1) is 6.92 Å². The van der Waals surface area contributed by atoms with Crippen molar-refractivity contribution in [1.29, 1.82) is 0 Å². The Balaban J connectivity index is 1.60. The van der Waals surface area contributed by atoms with Gasteiger partial charge in [0.15, 0.2) is 0 Å². The van der Waals surface area contributed by atoms with Crippen molar-refractivity contribution in [2.45, 2.75) is 25.2 Å². The van der Waals surface area contributed by atoms with Gasteiger partial charge >= 0.3 is 0 Å². The van der Waals surface area contributed by atoms with E-state index in [9.17, 15) is 4.79 Å². The van der Waals surface area contributed by atoms with Crippen LogP contribution < -0.4 is 5.73 Å². The van der Waals surface area contributed by atoms with E-state index >= 15 is 0 Å². The molecule has 5 nitrogen and oxygen atoms in total. The third kappa shape index (κ3) is 3.32. The summed E-state index contributed by atoms with van der Waals surface area (Å²) in [7, 11) is 0. The lowest BCUT2D eigenvalue weighted by molar-refractivity contribution is 0.0683. The Morgan fingerprint density at radius 1 is 1.15 bits per heavy atom. The first-order chi connectivity index (χ1) is 13.1. The summed E-state index contributed by atoms with van der Waals surface area (Å²) in [5.74, 6) is 0.436. The number of amides is 1. The molecule has 1 aliphatic rings. The molecule has 1 amide bonds. The lowest BCUT2D eigenvalue weighted by atomic mass is 9.70. The number of piperidine rings is 1. The molecule has 2 aromatic heterocycles. The van der Waals surface area contributed by atoms with Crippen LogP contribution >= 0.6 is 11.3 Å². The Labute approximate surface area is 162 Å². The molecule has 6 heteroatoms. The zero-order chi connectivity index (χ0) is 18.9. The minimum absolute atomic E-state index is 0.0126. The highest BCUT2D eigenvalue weighted by Gasteiger charge is 2.40. The maximum atomic E-state index is 12.8. The average molecular weight is 379 g/mol. The molecule has 2 N–H and O–H groups in total. The molecule has 138 valence electrons. The summed E-state index contributed by atoms with van der Waals surface area (Å²) >= 11 is 1.68. The molecule has 0 aliphatic carbocycles. The van der Waals surface area contributed by atoms with E-state index in [0.29, 0.717) is 24.5 Å². The highest BCUT2D eigenvalue weighted by Crippen LogP contribution is 2.42. The second kappa shape index (κ2) is 7.12. The summed E-state index contributed by atoms with van der Waals surface area (Å²) in [5, 5.41) is 3.25. The van der Waals surface area contributed by atoms with Gasteiger partial charge in [0.1, 0.15) is 5.82 Å². The fourth-order valence-corrected chi connectivity index (χ4v) is 4.55. The monoisotopic (exact) mass is 378 g/mol. The molecule has 1 aliphatic heterocycles. The van der Waals surface area contributed by atoms with Crippen LogP contribution in [0.4, 0.5) is 5.82 Å². The number of nitrogens with two attached hydrogens (primary N) is 1. The number of hydrogen-bond acceptors (Lipinski definition) is 5. The van der Waals surface area contributed by atoms with E-state index in [-0.39, 0.29) is 11.3 Å². The van der Waals surface area contributed by atoms with Crippen molar-refractivity contribution in [2.24, 2.45) is 0 Å². The molecule has 0 unspecified atom stereocenters. The fraction of sp³-hybridized carbons (Fsp3) is 0.286. The van der Waals surface area contributed by atoms with Gasteiger partial charge in [0.05, 0.1) is 16.3 Å². The maximum Gasteiger partial charge on any atom is 0.255 e. The van der Waals surface area contributed by atoms with Crippen LogP contribution in [0.2, 0.25) is 0 Å². The molecular formula is C21H22N4OS. The van der Waals surface area contributed by atoms with Crippen molar-refractivity contribution in [3.8, 4) is 0 Å². The molecule has 0 bridgehead atoms. The van der Waals surface area contributed by atoms with Crippen LogP contribution in [0.5, 0.6) is 0 Å². The molecule has 1 saturated heterocycles. The largest absolute Gasteiger partial charge is 0.384 e. The highest BCUT2D eigenvalue weighted by atomic mass is 32.1. The molecule has 1 fully saturated rings. The highest BCUT2D eigenvalue weighted by molar-refractivity contribution is 7.09. The van der Waals surface area contributed by atoms with Gasteiger partial charge in [-0.15, -0.1) is 11.3 Å². The molecule has 3 aromatic rings. The van der Waals surface area contributed by atoms with E-state index in [1.807, 2.05) is 17.9 Å². The van der Waals surface area contributed by atoms with Gasteiger partial charge < -0.3 is 10.6 Å². The molecule has 4 rings (SSSR count). The molecule has 1 aromatic carbocycles. The van der Waals surface area contributed by atoms with Crippen LogP contribution in [0.1, 0.15) is 39.5 Å². The number of rotatable bonds is 3. The van der Waals surface area contributed by atoms with Crippen molar-refractivity contribution >= 4 is 23.1 Å². The molecule has 0 saturated carbocycles. The second-order valence-electron chi connectivity index (χ2n) is 6.96. The molecule has 27 heavy (non-hydrogen) atoms. The maximum absolute atomic E-state index is 12.8. The lowest BCUT2D eigenvalue weighted by Gasteiger charge is -2.41. The van der Waals surface area contributed by atoms with Crippen molar-refractivity contribution in [3.63, 3.8) is 0 Å². The fourth-order valence-electron chi connectivity index (χ4n) is 3.84. The lowest BCUT2D eigenvalue weighted by Crippen LogP contribution is -2.46. The standard InChI is InChI=1S/C21H22N4OS/c1-15-24-18(14-27-15)21(17-5-3-2-4-6-17)9-11-25(12-10-21)20(26)16-7-8-19(22)23-13-16/h2-8,13-14H,9-12H2,1H3,(H2,22,23). The van der Waals surface area contributed by atoms with Crippen molar-refractivity contribution in [2.75, 3.05) is 18.8 Å². The third-order valence-corrected chi connectivity index (χ3v) is 6.15. The van der Waals surface area contributed by atoms with E-state index in [0.717, 1.165) is 23.5 Å². The Bertz CT molecular complexity index is 928. The number of hydrogen-bond donors (Lipinski definition) is 1. The zero-order valence-corrected chi connectivity index (χ0v) is 16.1. The van der Waals surface area contributed by atoms with Crippen molar-refractivity contribution in [1.82, 2.24) is 14.9 Å². The summed E-state index contributed by atoms with van der Waals surface area (Å²) in [6.45, 7) is 3.42. The number of benzene rings is 1. The predicted octanol–water partition coefficient (Wildman–Crippen LogP) is 3.65. The number of aryl methyl sites for hydroxylation is 1. The first-order valence-electron chi connectivity index (χ1n) is 9.07. The van der Waals surface area contributed by atoms with E-state index < -0.39 is 0 Å².